The van der Waals surface area contributed by atoms with E-state index in [1.807, 2.05) is 24.4 Å². The van der Waals surface area contributed by atoms with Crippen molar-refractivity contribution < 1.29 is 5.11 Å². The van der Waals surface area contributed by atoms with Crippen LogP contribution in [0.1, 0.15) is 24.4 Å². The number of likely N-dealkylation sites (tertiary alicyclic amines) is 1. The Bertz CT molecular complexity index is 507. The number of piperidine rings is 1. The second-order valence-corrected chi connectivity index (χ2v) is 5.18. The highest BCUT2D eigenvalue weighted by Crippen LogP contribution is 2.22. The first-order chi connectivity index (χ1) is 9.31. The number of benzene rings is 1. The minimum Gasteiger partial charge on any atom is -0.508 e. The summed E-state index contributed by atoms with van der Waals surface area (Å²) in [6, 6.07) is 9.97. The van der Waals surface area contributed by atoms with Crippen molar-refractivity contribution in [3.63, 3.8) is 0 Å². The van der Waals surface area contributed by atoms with Crippen molar-refractivity contribution in [1.82, 2.24) is 14.7 Å². The fraction of sp³-hybridized carbons (Fsp3) is 0.400. The van der Waals surface area contributed by atoms with Crippen LogP contribution >= 0.6 is 0 Å². The maximum Gasteiger partial charge on any atom is 0.115 e. The minimum atomic E-state index is 0.330. The smallest absolute Gasteiger partial charge is 0.115 e. The average Bonchev–Trinajstić information content (AvgIpc) is 2.96. The number of hydrogen-bond acceptors (Lipinski definition) is 3. The van der Waals surface area contributed by atoms with Crippen molar-refractivity contribution in [3.8, 4) is 5.75 Å². The van der Waals surface area contributed by atoms with E-state index in [1.54, 1.807) is 12.1 Å². The van der Waals surface area contributed by atoms with Crippen molar-refractivity contribution in [2.24, 2.45) is 0 Å². The first kappa shape index (κ1) is 12.2. The Hall–Kier alpha value is -1.81. The van der Waals surface area contributed by atoms with E-state index in [0.29, 0.717) is 11.8 Å². The maximum atomic E-state index is 9.30. The van der Waals surface area contributed by atoms with Crippen molar-refractivity contribution in [3.05, 3.63) is 48.3 Å². The van der Waals surface area contributed by atoms with E-state index < -0.39 is 0 Å². The SMILES string of the molecule is Oc1ccc(CN2CCC[C@@H](n3cccn3)C2)cc1. The van der Waals surface area contributed by atoms with Crippen molar-refractivity contribution in [1.29, 1.82) is 0 Å². The van der Waals surface area contributed by atoms with Crippen LogP contribution in [0.5, 0.6) is 5.75 Å². The number of aromatic hydroxyl groups is 1. The number of nitrogens with zero attached hydrogens (tertiary/aromatic N) is 3. The van der Waals surface area contributed by atoms with Gasteiger partial charge in [-0.05, 0) is 43.1 Å². The number of phenols is 1. The topological polar surface area (TPSA) is 41.3 Å². The number of rotatable bonds is 3. The van der Waals surface area contributed by atoms with Gasteiger partial charge in [0.2, 0.25) is 0 Å². The predicted molar refractivity (Wildman–Crippen MR) is 73.9 cm³/mol. The molecular weight excluding hydrogens is 238 g/mol. The minimum absolute atomic E-state index is 0.330. The third kappa shape index (κ3) is 2.96. The van der Waals surface area contributed by atoms with E-state index >= 15 is 0 Å². The summed E-state index contributed by atoms with van der Waals surface area (Å²) in [5, 5.41) is 13.7. The molecule has 2 heterocycles. The molecule has 1 fully saturated rings. The molecular formula is C15H19N3O. The molecule has 0 bridgehead atoms. The average molecular weight is 257 g/mol. The molecule has 1 aliphatic rings. The summed E-state index contributed by atoms with van der Waals surface area (Å²) in [5.74, 6) is 0.330. The number of hydrogen-bond donors (Lipinski definition) is 1. The Morgan fingerprint density at radius 2 is 2.11 bits per heavy atom. The standard InChI is InChI=1S/C15H19N3O/c19-15-6-4-13(5-7-15)11-17-9-1-3-14(12-17)18-10-2-8-16-18/h2,4-8,10,14,19H,1,3,9,11-12H2/t14-/m1/s1. The second-order valence-electron chi connectivity index (χ2n) is 5.18. The van der Waals surface area contributed by atoms with Gasteiger partial charge in [0.05, 0.1) is 6.04 Å². The molecule has 0 amide bonds. The normalized spacial score (nSPS) is 20.5. The van der Waals surface area contributed by atoms with Crippen LogP contribution in [0.4, 0.5) is 0 Å². The highest BCUT2D eigenvalue weighted by molar-refractivity contribution is 5.25. The van der Waals surface area contributed by atoms with Gasteiger partial charge in [-0.3, -0.25) is 9.58 Å². The molecule has 0 radical (unpaired) electrons. The molecule has 2 aromatic rings. The van der Waals surface area contributed by atoms with E-state index in [2.05, 4.69) is 20.9 Å². The van der Waals surface area contributed by atoms with Gasteiger partial charge in [0.25, 0.3) is 0 Å². The zero-order valence-electron chi connectivity index (χ0n) is 10.9. The Morgan fingerprint density at radius 1 is 1.26 bits per heavy atom. The van der Waals surface area contributed by atoms with Crippen LogP contribution in [-0.2, 0) is 6.54 Å². The van der Waals surface area contributed by atoms with Crippen LogP contribution in [0.2, 0.25) is 0 Å². The van der Waals surface area contributed by atoms with E-state index in [1.165, 1.54) is 18.4 Å². The Labute approximate surface area is 113 Å². The summed E-state index contributed by atoms with van der Waals surface area (Å²) < 4.78 is 2.07. The second kappa shape index (κ2) is 5.45. The molecule has 0 unspecified atom stereocenters. The summed E-state index contributed by atoms with van der Waals surface area (Å²) >= 11 is 0. The van der Waals surface area contributed by atoms with Crippen LogP contribution in [0.15, 0.2) is 42.7 Å². The monoisotopic (exact) mass is 257 g/mol. The van der Waals surface area contributed by atoms with Gasteiger partial charge in [-0.25, -0.2) is 0 Å². The summed E-state index contributed by atoms with van der Waals surface area (Å²) in [6.07, 6.45) is 6.31. The Morgan fingerprint density at radius 3 is 2.84 bits per heavy atom. The summed E-state index contributed by atoms with van der Waals surface area (Å²) in [4.78, 5) is 2.46. The molecule has 19 heavy (non-hydrogen) atoms. The van der Waals surface area contributed by atoms with Crippen molar-refractivity contribution in [2.45, 2.75) is 25.4 Å². The van der Waals surface area contributed by atoms with Gasteiger partial charge in [0, 0.05) is 25.5 Å². The zero-order valence-corrected chi connectivity index (χ0v) is 10.9. The van der Waals surface area contributed by atoms with Crippen molar-refractivity contribution in [2.75, 3.05) is 13.1 Å². The lowest BCUT2D eigenvalue weighted by atomic mass is 10.0. The Balaban J connectivity index is 1.64. The van der Waals surface area contributed by atoms with Gasteiger partial charge < -0.3 is 5.11 Å². The van der Waals surface area contributed by atoms with Crippen LogP contribution < -0.4 is 0 Å². The first-order valence-corrected chi connectivity index (χ1v) is 6.80. The number of phenolic OH excluding ortho intramolecular Hbond substituents is 1. The molecule has 4 nitrogen and oxygen atoms in total. The van der Waals surface area contributed by atoms with Gasteiger partial charge in [0.15, 0.2) is 0 Å². The molecule has 1 saturated heterocycles. The van der Waals surface area contributed by atoms with E-state index in [0.717, 1.165) is 19.6 Å². The molecule has 0 spiro atoms. The lowest BCUT2D eigenvalue weighted by Gasteiger charge is -2.32. The Kier molecular flexibility index (Phi) is 3.51. The van der Waals surface area contributed by atoms with Gasteiger partial charge in [-0.15, -0.1) is 0 Å². The quantitative estimate of drug-likeness (QED) is 0.918. The summed E-state index contributed by atoms with van der Waals surface area (Å²) in [7, 11) is 0. The maximum absolute atomic E-state index is 9.30. The molecule has 1 aromatic heterocycles. The molecule has 4 heteroatoms. The third-order valence-electron chi connectivity index (χ3n) is 3.72. The largest absolute Gasteiger partial charge is 0.508 e. The fourth-order valence-corrected chi connectivity index (χ4v) is 2.75. The molecule has 100 valence electrons. The summed E-state index contributed by atoms with van der Waals surface area (Å²) in [5.41, 5.74) is 1.25. The third-order valence-corrected chi connectivity index (χ3v) is 3.72. The van der Waals surface area contributed by atoms with Gasteiger partial charge in [-0.1, -0.05) is 12.1 Å². The fourth-order valence-electron chi connectivity index (χ4n) is 2.75. The first-order valence-electron chi connectivity index (χ1n) is 6.80. The predicted octanol–water partition coefficient (Wildman–Crippen LogP) is 2.43. The molecule has 0 saturated carbocycles. The molecule has 1 N–H and O–H groups in total. The summed E-state index contributed by atoms with van der Waals surface area (Å²) in [6.45, 7) is 3.12. The van der Waals surface area contributed by atoms with Crippen LogP contribution in [0.25, 0.3) is 0 Å². The molecule has 0 aliphatic carbocycles. The number of aromatic nitrogens is 2. The zero-order chi connectivity index (χ0) is 13.1. The highest BCUT2D eigenvalue weighted by atomic mass is 16.3. The molecule has 1 atom stereocenters. The van der Waals surface area contributed by atoms with Gasteiger partial charge >= 0.3 is 0 Å². The lowest BCUT2D eigenvalue weighted by molar-refractivity contribution is 0.163. The van der Waals surface area contributed by atoms with E-state index in [9.17, 15) is 5.11 Å². The molecule has 3 rings (SSSR count). The van der Waals surface area contributed by atoms with Gasteiger partial charge in [-0.2, -0.15) is 5.10 Å². The van der Waals surface area contributed by atoms with Crippen LogP contribution in [0.3, 0.4) is 0 Å². The molecule has 1 aliphatic heterocycles. The van der Waals surface area contributed by atoms with E-state index in [-0.39, 0.29) is 0 Å². The van der Waals surface area contributed by atoms with E-state index in [4.69, 9.17) is 0 Å². The van der Waals surface area contributed by atoms with Crippen LogP contribution in [-0.4, -0.2) is 32.9 Å². The lowest BCUT2D eigenvalue weighted by Crippen LogP contribution is -2.36. The highest BCUT2D eigenvalue weighted by Gasteiger charge is 2.21. The van der Waals surface area contributed by atoms with Crippen molar-refractivity contribution >= 4 is 0 Å². The van der Waals surface area contributed by atoms with Crippen LogP contribution in [0, 0.1) is 0 Å². The molecule has 1 aromatic carbocycles. The van der Waals surface area contributed by atoms with Gasteiger partial charge in [0.1, 0.15) is 5.75 Å².